The summed E-state index contributed by atoms with van der Waals surface area (Å²) in [6.45, 7) is 9.29. The number of nitrogens with two attached hydrogens (primary N) is 1. The van der Waals surface area contributed by atoms with Crippen molar-refractivity contribution < 1.29 is 0 Å². The number of hydrogen-bond donors (Lipinski definition) is 1. The molecule has 32 heavy (non-hydrogen) atoms. The highest BCUT2D eigenvalue weighted by Gasteiger charge is 2.38. The van der Waals surface area contributed by atoms with Gasteiger partial charge in [-0.15, -0.1) is 0 Å². The standard InChI is InChI=1S/C25H29N7/c1-17-13-30(22-6-4-20(12-26)32-23(22)7-9-28-32)15-24-21-5-3-19(11-18(21)14-31(17)24)29-10-8-25(2,27)16-29/h3-4,6-7,9,11,17H,5,8,10,13-16,27H2,1-2H3/t17-,25-/m1/s1. The first-order valence-corrected chi connectivity index (χ1v) is 11.5. The third-order valence-electron chi connectivity index (χ3n) is 7.48. The van der Waals surface area contributed by atoms with E-state index in [2.05, 4.69) is 57.9 Å². The normalized spacial score (nSPS) is 27.4. The molecule has 2 saturated heterocycles. The first-order chi connectivity index (χ1) is 15.4. The lowest BCUT2D eigenvalue weighted by molar-refractivity contribution is 0.274. The van der Waals surface area contributed by atoms with E-state index in [4.69, 9.17) is 5.73 Å². The summed E-state index contributed by atoms with van der Waals surface area (Å²) in [6.07, 6.45) is 8.60. The average Bonchev–Trinajstić information content (AvgIpc) is 3.49. The zero-order valence-corrected chi connectivity index (χ0v) is 18.8. The highest BCUT2D eigenvalue weighted by molar-refractivity contribution is 5.74. The van der Waals surface area contributed by atoms with Crippen LogP contribution in [0, 0.1) is 11.3 Å². The van der Waals surface area contributed by atoms with Crippen LogP contribution < -0.4 is 10.6 Å². The maximum Gasteiger partial charge on any atom is 0.142 e. The van der Waals surface area contributed by atoms with Crippen LogP contribution in [0.3, 0.4) is 0 Å². The van der Waals surface area contributed by atoms with Crippen molar-refractivity contribution in [3.63, 3.8) is 0 Å². The minimum Gasteiger partial charge on any atom is -0.370 e. The largest absolute Gasteiger partial charge is 0.370 e. The van der Waals surface area contributed by atoms with E-state index < -0.39 is 0 Å². The number of aromatic nitrogens is 2. The molecule has 7 nitrogen and oxygen atoms in total. The molecule has 2 N–H and O–H groups in total. The molecule has 6 rings (SSSR count). The van der Waals surface area contributed by atoms with Crippen LogP contribution in [0.5, 0.6) is 0 Å². The van der Waals surface area contributed by atoms with Crippen molar-refractivity contribution in [3.8, 4) is 6.07 Å². The minimum absolute atomic E-state index is 0.0830. The molecule has 2 atom stereocenters. The Labute approximate surface area is 188 Å². The van der Waals surface area contributed by atoms with Crippen molar-refractivity contribution >= 4 is 11.2 Å². The van der Waals surface area contributed by atoms with E-state index in [0.717, 1.165) is 56.8 Å². The SMILES string of the molecule is C[C@@H]1CN(c2ccc(C#N)n3nccc23)CC2=C3CC=C(N4CC[C@@](C)(N)C4)C=C3CN21. The predicted molar refractivity (Wildman–Crippen MR) is 125 cm³/mol. The van der Waals surface area contributed by atoms with Crippen molar-refractivity contribution in [2.45, 2.75) is 38.3 Å². The number of allylic oxidation sites excluding steroid dienone is 2. The number of rotatable bonds is 2. The fraction of sp³-hybridized carbons (Fsp3) is 0.440. The van der Waals surface area contributed by atoms with Crippen LogP contribution in [0.15, 0.2) is 59.1 Å². The maximum absolute atomic E-state index is 9.42. The Kier molecular flexibility index (Phi) is 4.18. The van der Waals surface area contributed by atoms with Crippen LogP contribution in [0.2, 0.25) is 0 Å². The second-order valence-electron chi connectivity index (χ2n) is 9.95. The Morgan fingerprint density at radius 3 is 2.88 bits per heavy atom. The molecule has 0 spiro atoms. The summed E-state index contributed by atoms with van der Waals surface area (Å²) in [6, 6.07) is 8.61. The molecule has 0 saturated carbocycles. The summed E-state index contributed by atoms with van der Waals surface area (Å²) in [4.78, 5) is 7.49. The lowest BCUT2D eigenvalue weighted by Gasteiger charge is -2.42. The van der Waals surface area contributed by atoms with E-state index in [1.807, 2.05) is 12.1 Å². The molecule has 7 heteroatoms. The maximum atomic E-state index is 9.42. The van der Waals surface area contributed by atoms with Crippen molar-refractivity contribution in [2.75, 3.05) is 37.6 Å². The van der Waals surface area contributed by atoms with Gasteiger partial charge in [-0.3, -0.25) is 0 Å². The van der Waals surface area contributed by atoms with Gasteiger partial charge in [0.1, 0.15) is 11.8 Å². The zero-order valence-electron chi connectivity index (χ0n) is 18.8. The smallest absolute Gasteiger partial charge is 0.142 e. The molecule has 0 amide bonds. The summed E-state index contributed by atoms with van der Waals surface area (Å²) in [5, 5.41) is 13.8. The van der Waals surface area contributed by atoms with Gasteiger partial charge in [0, 0.05) is 49.2 Å². The van der Waals surface area contributed by atoms with Gasteiger partial charge in [-0.2, -0.15) is 10.4 Å². The van der Waals surface area contributed by atoms with Crippen molar-refractivity contribution in [1.29, 1.82) is 5.26 Å². The highest BCUT2D eigenvalue weighted by Crippen LogP contribution is 2.40. The summed E-state index contributed by atoms with van der Waals surface area (Å²) < 4.78 is 1.75. The fourth-order valence-electron chi connectivity index (χ4n) is 5.79. The van der Waals surface area contributed by atoms with E-state index in [9.17, 15) is 5.26 Å². The molecule has 5 heterocycles. The Morgan fingerprint density at radius 2 is 2.09 bits per heavy atom. The summed E-state index contributed by atoms with van der Waals surface area (Å²) in [5.74, 6) is 0. The molecule has 0 aromatic carbocycles. The Balaban J connectivity index is 1.31. The van der Waals surface area contributed by atoms with Crippen LogP contribution in [0.25, 0.3) is 5.52 Å². The van der Waals surface area contributed by atoms with Crippen molar-refractivity contribution in [2.24, 2.45) is 5.73 Å². The fourth-order valence-corrected chi connectivity index (χ4v) is 5.79. The topological polar surface area (TPSA) is 76.8 Å². The third-order valence-corrected chi connectivity index (χ3v) is 7.48. The second kappa shape index (κ2) is 6.88. The number of hydrogen-bond acceptors (Lipinski definition) is 6. The predicted octanol–water partition coefficient (Wildman–Crippen LogP) is 2.62. The molecule has 0 bridgehead atoms. The van der Waals surface area contributed by atoms with Gasteiger partial charge in [-0.1, -0.05) is 6.08 Å². The summed E-state index contributed by atoms with van der Waals surface area (Å²) in [5.41, 5.74) is 14.7. The quantitative estimate of drug-likeness (QED) is 0.794. The Hall–Kier alpha value is -3.24. The minimum atomic E-state index is -0.0830. The average molecular weight is 428 g/mol. The van der Waals surface area contributed by atoms with Gasteiger partial charge < -0.3 is 20.4 Å². The molecular weight excluding hydrogens is 398 g/mol. The highest BCUT2D eigenvalue weighted by atomic mass is 15.3. The molecule has 0 unspecified atom stereocenters. The number of fused-ring (bicyclic) bond motifs is 3. The van der Waals surface area contributed by atoms with Crippen molar-refractivity contribution in [1.82, 2.24) is 19.4 Å². The van der Waals surface area contributed by atoms with Gasteiger partial charge >= 0.3 is 0 Å². The van der Waals surface area contributed by atoms with Gasteiger partial charge in [0.2, 0.25) is 0 Å². The number of piperazine rings is 1. The number of anilines is 1. The van der Waals surface area contributed by atoms with Crippen molar-refractivity contribution in [3.05, 3.63) is 64.8 Å². The van der Waals surface area contributed by atoms with Gasteiger partial charge in [0.05, 0.1) is 23.9 Å². The van der Waals surface area contributed by atoms with Gasteiger partial charge in [0.15, 0.2) is 0 Å². The Bertz CT molecular complexity index is 1240. The van der Waals surface area contributed by atoms with Gasteiger partial charge in [-0.05, 0) is 62.1 Å². The molecule has 2 fully saturated rings. The van der Waals surface area contributed by atoms with E-state index >= 15 is 0 Å². The van der Waals surface area contributed by atoms with Crippen LogP contribution >= 0.6 is 0 Å². The number of nitrogens with zero attached hydrogens (tertiary/aromatic N) is 6. The zero-order chi connectivity index (χ0) is 22.0. The van der Waals surface area contributed by atoms with Gasteiger partial charge in [0.25, 0.3) is 0 Å². The molecule has 2 aromatic rings. The second-order valence-corrected chi connectivity index (χ2v) is 9.95. The molecular formula is C25H29N7. The van der Waals surface area contributed by atoms with Gasteiger partial charge in [-0.25, -0.2) is 4.52 Å². The summed E-state index contributed by atoms with van der Waals surface area (Å²) >= 11 is 0. The number of likely N-dealkylation sites (tertiary alicyclic amines) is 1. The number of nitriles is 1. The first kappa shape index (κ1) is 19.4. The van der Waals surface area contributed by atoms with E-state index in [-0.39, 0.29) is 5.54 Å². The Morgan fingerprint density at radius 1 is 1.22 bits per heavy atom. The van der Waals surface area contributed by atoms with E-state index in [1.165, 1.54) is 22.5 Å². The van der Waals surface area contributed by atoms with Crippen LogP contribution in [-0.2, 0) is 0 Å². The van der Waals surface area contributed by atoms with E-state index in [1.54, 1.807) is 10.7 Å². The summed E-state index contributed by atoms with van der Waals surface area (Å²) in [7, 11) is 0. The molecule has 0 radical (unpaired) electrons. The van der Waals surface area contributed by atoms with Crippen LogP contribution in [-0.4, -0.2) is 63.7 Å². The molecule has 4 aliphatic rings. The molecule has 3 aliphatic heterocycles. The molecule has 2 aromatic heterocycles. The molecule has 1 aliphatic carbocycles. The first-order valence-electron chi connectivity index (χ1n) is 11.5. The lowest BCUT2D eigenvalue weighted by atomic mass is 9.96. The van der Waals surface area contributed by atoms with Crippen LogP contribution in [0.4, 0.5) is 5.69 Å². The van der Waals surface area contributed by atoms with E-state index in [0.29, 0.717) is 11.7 Å². The lowest BCUT2D eigenvalue weighted by Crippen LogP contribution is -2.49. The third kappa shape index (κ3) is 2.94. The monoisotopic (exact) mass is 427 g/mol. The molecule has 164 valence electrons. The van der Waals surface area contributed by atoms with Crippen LogP contribution in [0.1, 0.15) is 32.4 Å². The number of pyridine rings is 1.